The van der Waals surface area contributed by atoms with Crippen LogP contribution < -0.4 is 4.90 Å². The normalized spacial score (nSPS) is 15.2. The lowest BCUT2D eigenvalue weighted by molar-refractivity contribution is 0.703. The molecule has 2 rings (SSSR count). The fourth-order valence-corrected chi connectivity index (χ4v) is 1.97. The number of pyridine rings is 1. The molecule has 1 aromatic rings. The summed E-state index contributed by atoms with van der Waals surface area (Å²) in [5.74, 6) is 1.20. The molecule has 0 aliphatic carbocycles. The third kappa shape index (κ3) is 1.30. The van der Waals surface area contributed by atoms with Crippen LogP contribution in [-0.4, -0.2) is 17.6 Å². The molecule has 0 saturated heterocycles. The average Bonchev–Trinajstić information content (AvgIpc) is 2.48. The largest absolute Gasteiger partial charge is 0.354 e. The predicted molar refractivity (Wildman–Crippen MR) is 55.2 cm³/mol. The van der Waals surface area contributed by atoms with Crippen molar-refractivity contribution in [2.45, 2.75) is 33.2 Å². The molecule has 13 heavy (non-hydrogen) atoms. The first-order valence-electron chi connectivity index (χ1n) is 4.91. The van der Waals surface area contributed by atoms with Crippen molar-refractivity contribution in [2.24, 2.45) is 0 Å². The number of hydrogen-bond acceptors (Lipinski definition) is 2. The van der Waals surface area contributed by atoms with E-state index in [2.05, 4.69) is 36.7 Å². The highest BCUT2D eigenvalue weighted by molar-refractivity contribution is 5.55. The van der Waals surface area contributed by atoms with Gasteiger partial charge in [0, 0.05) is 18.8 Å². The summed E-state index contributed by atoms with van der Waals surface area (Å²) in [6.07, 6.45) is 3.07. The molecule has 0 aromatic carbocycles. The number of nitrogens with zero attached hydrogens (tertiary/aromatic N) is 2. The minimum Gasteiger partial charge on any atom is -0.354 e. The van der Waals surface area contributed by atoms with E-state index < -0.39 is 0 Å². The summed E-state index contributed by atoms with van der Waals surface area (Å²) in [5.41, 5.74) is 2.82. The van der Waals surface area contributed by atoms with Crippen molar-refractivity contribution in [3.63, 3.8) is 0 Å². The van der Waals surface area contributed by atoms with Crippen LogP contribution in [0.25, 0.3) is 0 Å². The van der Waals surface area contributed by atoms with Crippen molar-refractivity contribution in [1.29, 1.82) is 0 Å². The zero-order valence-corrected chi connectivity index (χ0v) is 8.54. The molecule has 0 saturated carbocycles. The van der Waals surface area contributed by atoms with Gasteiger partial charge in [-0.05, 0) is 44.4 Å². The Bertz CT molecular complexity index is 318. The Kier molecular flexibility index (Phi) is 1.98. The molecule has 2 heteroatoms. The summed E-state index contributed by atoms with van der Waals surface area (Å²) < 4.78 is 0. The van der Waals surface area contributed by atoms with Crippen LogP contribution in [0, 0.1) is 6.92 Å². The summed E-state index contributed by atoms with van der Waals surface area (Å²) in [6, 6.07) is 2.67. The quantitative estimate of drug-likeness (QED) is 0.652. The smallest absolute Gasteiger partial charge is 0.132 e. The van der Waals surface area contributed by atoms with Crippen molar-refractivity contribution >= 4 is 5.82 Å². The van der Waals surface area contributed by atoms with E-state index >= 15 is 0 Å². The molecule has 1 aliphatic heterocycles. The van der Waals surface area contributed by atoms with Gasteiger partial charge in [0.05, 0.1) is 0 Å². The molecule has 0 atom stereocenters. The molecule has 0 N–H and O–H groups in total. The maximum atomic E-state index is 4.45. The second-order valence-electron chi connectivity index (χ2n) is 3.97. The average molecular weight is 176 g/mol. The van der Waals surface area contributed by atoms with Gasteiger partial charge < -0.3 is 4.90 Å². The number of hydrogen-bond donors (Lipinski definition) is 0. The van der Waals surface area contributed by atoms with Gasteiger partial charge in [0.1, 0.15) is 5.82 Å². The molecular weight excluding hydrogens is 160 g/mol. The van der Waals surface area contributed by atoms with E-state index in [9.17, 15) is 0 Å². The van der Waals surface area contributed by atoms with Crippen molar-refractivity contribution in [3.8, 4) is 0 Å². The minimum atomic E-state index is 0.565. The highest BCUT2D eigenvalue weighted by Gasteiger charge is 2.23. The van der Waals surface area contributed by atoms with Gasteiger partial charge in [0.25, 0.3) is 0 Å². The maximum Gasteiger partial charge on any atom is 0.132 e. The van der Waals surface area contributed by atoms with Gasteiger partial charge in [-0.3, -0.25) is 0 Å². The van der Waals surface area contributed by atoms with Crippen molar-refractivity contribution in [2.75, 3.05) is 11.4 Å². The van der Waals surface area contributed by atoms with Gasteiger partial charge in [0.15, 0.2) is 0 Å². The molecule has 1 aromatic heterocycles. The van der Waals surface area contributed by atoms with Crippen LogP contribution in [0.4, 0.5) is 5.82 Å². The van der Waals surface area contributed by atoms with Gasteiger partial charge >= 0.3 is 0 Å². The fourth-order valence-electron chi connectivity index (χ4n) is 1.97. The lowest BCUT2D eigenvalue weighted by Gasteiger charge is -2.22. The first-order valence-corrected chi connectivity index (χ1v) is 4.91. The second kappa shape index (κ2) is 3.02. The van der Waals surface area contributed by atoms with Gasteiger partial charge in [-0.2, -0.15) is 0 Å². The molecule has 2 nitrogen and oxygen atoms in total. The van der Waals surface area contributed by atoms with Crippen LogP contribution in [0.3, 0.4) is 0 Å². The summed E-state index contributed by atoms with van der Waals surface area (Å²) in [5, 5.41) is 0. The lowest BCUT2D eigenvalue weighted by atomic mass is 10.1. The van der Waals surface area contributed by atoms with Gasteiger partial charge in [0.2, 0.25) is 0 Å². The molecule has 70 valence electrons. The summed E-state index contributed by atoms with van der Waals surface area (Å²) in [7, 11) is 0. The predicted octanol–water partition coefficient (Wildman–Crippen LogP) is 2.16. The van der Waals surface area contributed by atoms with E-state index in [1.54, 1.807) is 0 Å². The molecule has 0 fully saturated rings. The Morgan fingerprint density at radius 2 is 2.23 bits per heavy atom. The monoisotopic (exact) mass is 176 g/mol. The van der Waals surface area contributed by atoms with E-state index in [0.29, 0.717) is 6.04 Å². The molecule has 0 bridgehead atoms. The van der Waals surface area contributed by atoms with E-state index in [1.807, 2.05) is 6.20 Å². The number of aryl methyl sites for hydroxylation is 1. The third-order valence-corrected chi connectivity index (χ3v) is 2.77. The summed E-state index contributed by atoms with van der Waals surface area (Å²) in [6.45, 7) is 7.74. The van der Waals surface area contributed by atoms with E-state index in [1.165, 1.54) is 16.9 Å². The minimum absolute atomic E-state index is 0.565. The molecule has 0 amide bonds. The van der Waals surface area contributed by atoms with E-state index in [-0.39, 0.29) is 0 Å². The van der Waals surface area contributed by atoms with Crippen LogP contribution >= 0.6 is 0 Å². The van der Waals surface area contributed by atoms with Crippen LogP contribution in [0.5, 0.6) is 0 Å². The summed E-state index contributed by atoms with van der Waals surface area (Å²) in [4.78, 5) is 6.83. The first kappa shape index (κ1) is 8.54. The Morgan fingerprint density at radius 1 is 1.46 bits per heavy atom. The van der Waals surface area contributed by atoms with Gasteiger partial charge in [-0.1, -0.05) is 0 Å². The van der Waals surface area contributed by atoms with E-state index in [0.717, 1.165) is 13.0 Å². The third-order valence-electron chi connectivity index (χ3n) is 2.77. The topological polar surface area (TPSA) is 16.1 Å². The molecule has 1 aliphatic rings. The Labute approximate surface area is 79.6 Å². The number of rotatable bonds is 1. The highest BCUT2D eigenvalue weighted by Crippen LogP contribution is 2.29. The van der Waals surface area contributed by atoms with Gasteiger partial charge in [-0.15, -0.1) is 0 Å². The zero-order chi connectivity index (χ0) is 9.42. The SMILES string of the molecule is Cc1ccnc2c1CCN2C(C)C. The zero-order valence-electron chi connectivity index (χ0n) is 8.54. The van der Waals surface area contributed by atoms with Crippen LogP contribution in [0.15, 0.2) is 12.3 Å². The number of aromatic nitrogens is 1. The van der Waals surface area contributed by atoms with Crippen molar-refractivity contribution < 1.29 is 0 Å². The van der Waals surface area contributed by atoms with Crippen molar-refractivity contribution in [3.05, 3.63) is 23.4 Å². The Balaban J connectivity index is 2.43. The second-order valence-corrected chi connectivity index (χ2v) is 3.97. The molecule has 0 radical (unpaired) electrons. The van der Waals surface area contributed by atoms with Crippen LogP contribution in [0.1, 0.15) is 25.0 Å². The number of fused-ring (bicyclic) bond motifs is 1. The lowest BCUT2D eigenvalue weighted by Crippen LogP contribution is -2.28. The fraction of sp³-hybridized carbons (Fsp3) is 0.545. The standard InChI is InChI=1S/C11H16N2/c1-8(2)13-7-5-10-9(3)4-6-12-11(10)13/h4,6,8H,5,7H2,1-3H3. The molecule has 0 spiro atoms. The maximum absolute atomic E-state index is 4.45. The Morgan fingerprint density at radius 3 is 2.92 bits per heavy atom. The number of anilines is 1. The summed E-state index contributed by atoms with van der Waals surface area (Å²) >= 11 is 0. The molecule has 0 unspecified atom stereocenters. The molecule has 2 heterocycles. The van der Waals surface area contributed by atoms with Crippen LogP contribution in [0.2, 0.25) is 0 Å². The van der Waals surface area contributed by atoms with Crippen molar-refractivity contribution in [1.82, 2.24) is 4.98 Å². The van der Waals surface area contributed by atoms with Gasteiger partial charge in [-0.25, -0.2) is 4.98 Å². The van der Waals surface area contributed by atoms with E-state index in [4.69, 9.17) is 0 Å². The first-order chi connectivity index (χ1) is 6.20. The Hall–Kier alpha value is -1.05. The highest BCUT2D eigenvalue weighted by atomic mass is 15.2. The van der Waals surface area contributed by atoms with Crippen LogP contribution in [-0.2, 0) is 6.42 Å². The molecular formula is C11H16N2.